The Morgan fingerprint density at radius 3 is 1.44 bits per heavy atom. The molecule has 0 bridgehead atoms. The Kier molecular flexibility index (Phi) is 6.28. The highest BCUT2D eigenvalue weighted by molar-refractivity contribution is 4.93. The Hall–Kier alpha value is -1.10. The lowest BCUT2D eigenvalue weighted by Crippen LogP contribution is -2.68. The third-order valence-corrected chi connectivity index (χ3v) is 2.28. The van der Waals surface area contributed by atoms with Gasteiger partial charge in [0, 0.05) is 7.11 Å². The monoisotopic (exact) mass is 413 g/mol. The summed E-state index contributed by atoms with van der Waals surface area (Å²) in [5.41, 5.74) is 0. The van der Waals surface area contributed by atoms with Gasteiger partial charge in [-0.1, -0.05) is 0 Å². The van der Waals surface area contributed by atoms with Gasteiger partial charge >= 0.3 is 36.3 Å². The molecule has 0 aromatic carbocycles. The first-order chi connectivity index (χ1) is 10.7. The van der Waals surface area contributed by atoms with E-state index in [-0.39, 0.29) is 7.11 Å². The highest BCUT2D eigenvalue weighted by Gasteiger charge is 2.82. The molecule has 0 rings (SSSR count). The normalized spacial score (nSPS) is 15.8. The van der Waals surface area contributed by atoms with Crippen molar-refractivity contribution in [1.82, 2.24) is 5.12 Å². The van der Waals surface area contributed by atoms with Gasteiger partial charge in [0.1, 0.15) is 0 Å². The van der Waals surface area contributed by atoms with Gasteiger partial charge in [0.05, 0.1) is 0 Å². The van der Waals surface area contributed by atoms with E-state index >= 15 is 0 Å². The van der Waals surface area contributed by atoms with Gasteiger partial charge in [-0.3, -0.25) is 0 Å². The summed E-state index contributed by atoms with van der Waals surface area (Å²) in [7, 11) is -0.357. The van der Waals surface area contributed by atoms with Crippen LogP contribution in [0.5, 0.6) is 0 Å². The number of hydrogen-bond acceptors (Lipinski definition) is 3. The zero-order chi connectivity index (χ0) is 20.7. The smallest absolute Gasteiger partial charge is 0.319 e. The van der Waals surface area contributed by atoms with Gasteiger partial charge in [-0.15, -0.1) is 4.48 Å². The zero-order valence-electron chi connectivity index (χ0n) is 11.3. The summed E-state index contributed by atoms with van der Waals surface area (Å²) in [4.78, 5) is 0. The van der Waals surface area contributed by atoms with E-state index in [4.69, 9.17) is 0 Å². The second kappa shape index (κ2) is 6.57. The summed E-state index contributed by atoms with van der Waals surface area (Å²) < 4.78 is 181. The number of nitrogens with zero attached hydrogens (tertiary/aromatic N) is 1. The van der Waals surface area contributed by atoms with Gasteiger partial charge < -0.3 is 4.74 Å². The summed E-state index contributed by atoms with van der Waals surface area (Å²) in [5.74, 6) is -7.20. The number of ether oxygens (including phenoxy) is 2. The highest BCUT2D eigenvalue weighted by Crippen LogP contribution is 2.53. The van der Waals surface area contributed by atoms with Crippen molar-refractivity contribution in [3.05, 3.63) is 0 Å². The minimum Gasteiger partial charge on any atom is -0.319 e. The fraction of sp³-hybridized carbons (Fsp3) is 1.00. The first kappa shape index (κ1) is 23.9. The molecule has 0 saturated heterocycles. The van der Waals surface area contributed by atoms with Crippen LogP contribution in [0.1, 0.15) is 0 Å². The average Bonchev–Trinajstić information content (AvgIpc) is 2.44. The second-order valence-electron chi connectivity index (χ2n) is 4.05. The van der Waals surface area contributed by atoms with Crippen molar-refractivity contribution >= 4 is 0 Å². The molecule has 0 aliphatic rings. The van der Waals surface area contributed by atoms with Gasteiger partial charge in [-0.05, 0) is 5.12 Å². The molecule has 0 N–H and O–H groups in total. The van der Waals surface area contributed by atoms with Crippen molar-refractivity contribution in [2.75, 3.05) is 13.8 Å². The van der Waals surface area contributed by atoms with Crippen LogP contribution in [-0.2, 0) is 9.47 Å². The van der Waals surface area contributed by atoms with E-state index in [9.17, 15) is 61.6 Å². The summed E-state index contributed by atoms with van der Waals surface area (Å²) >= 11 is 0. The molecule has 17 heteroatoms. The fourth-order valence-electron chi connectivity index (χ4n) is 0.993. The van der Waals surface area contributed by atoms with Crippen LogP contribution in [0.2, 0.25) is 0 Å². The first-order valence-electron chi connectivity index (χ1n) is 5.28. The Morgan fingerprint density at radius 1 is 0.720 bits per heavy atom. The maximum atomic E-state index is 12.9. The average molecular weight is 413 g/mol. The molecule has 0 saturated carbocycles. The van der Waals surface area contributed by atoms with Gasteiger partial charge in [-0.2, -0.15) is 52.7 Å². The molecule has 0 aliphatic heterocycles. The van der Waals surface area contributed by atoms with E-state index in [0.717, 1.165) is 0 Å². The van der Waals surface area contributed by atoms with Crippen LogP contribution in [0.25, 0.3) is 0 Å². The maximum Gasteiger partial charge on any atom is 0.442 e. The van der Waals surface area contributed by atoms with Gasteiger partial charge in [0.15, 0.2) is 6.67 Å². The van der Waals surface area contributed by atoms with E-state index in [1.54, 1.807) is 0 Å². The number of rotatable bonds is 9. The Bertz CT molecular complexity index is 466. The van der Waals surface area contributed by atoms with Gasteiger partial charge in [0.25, 0.3) is 0 Å². The van der Waals surface area contributed by atoms with Gasteiger partial charge in [-0.25, -0.2) is 9.13 Å². The largest absolute Gasteiger partial charge is 0.442 e. The molecular weight excluding hydrogens is 408 g/mol. The first-order valence-corrected chi connectivity index (χ1v) is 5.28. The number of hydrogen-bond donors (Lipinski definition) is 0. The predicted molar refractivity (Wildman–Crippen MR) is 46.7 cm³/mol. The lowest BCUT2D eigenvalue weighted by Gasteiger charge is -2.38. The van der Waals surface area contributed by atoms with Crippen molar-refractivity contribution in [2.24, 2.45) is 0 Å². The van der Waals surface area contributed by atoms with E-state index in [0.29, 0.717) is 0 Å². The van der Waals surface area contributed by atoms with Crippen molar-refractivity contribution in [2.45, 2.75) is 36.3 Å². The summed E-state index contributed by atoms with van der Waals surface area (Å²) in [6.07, 6.45) is -19.2. The van der Waals surface area contributed by atoms with E-state index < -0.39 is 48.1 Å². The molecule has 0 fully saturated rings. The minimum atomic E-state index is -7.44. The third kappa shape index (κ3) is 4.02. The predicted octanol–water partition coefficient (Wildman–Crippen LogP) is 4.40. The quantitative estimate of drug-likeness (QED) is 0.318. The summed E-state index contributed by atoms with van der Waals surface area (Å²) in [6, 6.07) is -14.8. The topological polar surface area (TPSA) is 21.7 Å². The Balaban J connectivity index is 5.94. The minimum absolute atomic E-state index is 0.357. The lowest BCUT2D eigenvalue weighted by atomic mass is 10.2. The van der Waals surface area contributed by atoms with Crippen LogP contribution in [0.4, 0.5) is 61.6 Å². The zero-order valence-corrected chi connectivity index (χ0v) is 11.3. The molecule has 0 atom stereocenters. The van der Waals surface area contributed by atoms with Crippen LogP contribution in [-0.4, -0.2) is 55.2 Å². The molecule has 0 heterocycles. The molecule has 3 nitrogen and oxygen atoms in total. The fourth-order valence-corrected chi connectivity index (χ4v) is 0.993. The molecule has 0 unspecified atom stereocenters. The van der Waals surface area contributed by atoms with Crippen LogP contribution < -0.4 is 0 Å². The molecule has 0 radical (unpaired) electrons. The molecule has 0 aromatic rings. The molecule has 0 aromatic heterocycles. The van der Waals surface area contributed by atoms with Crippen LogP contribution in [0.3, 0.4) is 0 Å². The van der Waals surface area contributed by atoms with E-state index in [1.165, 1.54) is 0 Å². The van der Waals surface area contributed by atoms with Gasteiger partial charge in [0.2, 0.25) is 0 Å². The van der Waals surface area contributed by atoms with Crippen molar-refractivity contribution < 1.29 is 71.0 Å². The van der Waals surface area contributed by atoms with E-state index in [2.05, 4.69) is 4.74 Å². The molecule has 0 aliphatic carbocycles. The molecule has 0 amide bonds. The van der Waals surface area contributed by atoms with E-state index in [1.807, 2.05) is 4.74 Å². The van der Waals surface area contributed by atoms with Crippen molar-refractivity contribution in [3.8, 4) is 0 Å². The highest BCUT2D eigenvalue weighted by atomic mass is 19.4. The molecular formula is C8H5F14NO2. The third-order valence-electron chi connectivity index (χ3n) is 2.28. The maximum absolute atomic E-state index is 12.9. The lowest BCUT2D eigenvalue weighted by molar-refractivity contribution is -0.524. The van der Waals surface area contributed by atoms with Crippen molar-refractivity contribution in [3.63, 3.8) is 0 Å². The standard InChI is InChI=1S/C8H5F14NO2/c1-24-7(18,19)4(12,13)5(14,15)23(22)6(16,17)8(20,21)25-3(10,11)2-9/h2H2,1H3. The Morgan fingerprint density at radius 2 is 1.12 bits per heavy atom. The molecule has 152 valence electrons. The number of alkyl halides is 13. The second-order valence-corrected chi connectivity index (χ2v) is 4.05. The van der Waals surface area contributed by atoms with Crippen LogP contribution in [0, 0.1) is 0 Å². The van der Waals surface area contributed by atoms with Crippen LogP contribution in [0.15, 0.2) is 0 Å². The SMILES string of the molecule is COC(F)(F)C(F)(F)C(F)(F)N(F)C(F)(F)C(F)(F)OC(F)(F)CF. The molecule has 25 heavy (non-hydrogen) atoms. The van der Waals surface area contributed by atoms with Crippen molar-refractivity contribution in [1.29, 1.82) is 0 Å². The number of methoxy groups -OCH3 is 1. The Labute approximate surface area is 128 Å². The summed E-state index contributed by atoms with van der Waals surface area (Å²) in [6.45, 7) is -3.24. The number of halogens is 14. The van der Waals surface area contributed by atoms with Crippen LogP contribution >= 0.6 is 0 Å². The molecule has 0 spiro atoms. The summed E-state index contributed by atoms with van der Waals surface area (Å²) in [5, 5.41) is -4.12.